The van der Waals surface area contributed by atoms with E-state index in [0.717, 1.165) is 0 Å². The molecule has 1 aliphatic rings. The van der Waals surface area contributed by atoms with E-state index in [1.54, 1.807) is 0 Å². The predicted molar refractivity (Wildman–Crippen MR) is 45.8 cm³/mol. The molecule has 0 aliphatic carbocycles. The molecule has 0 aromatic rings. The van der Waals surface area contributed by atoms with Crippen LogP contribution in [0.25, 0.3) is 0 Å². The van der Waals surface area contributed by atoms with Gasteiger partial charge in [-0.05, 0) is 0 Å². The number of methoxy groups -OCH3 is 1. The third-order valence-electron chi connectivity index (χ3n) is 2.44. The number of hydrogen-bond donors (Lipinski definition) is 2. The Kier molecular flexibility index (Phi) is 3.43. The zero-order valence-electron chi connectivity index (χ0n) is 7.86. The van der Waals surface area contributed by atoms with E-state index >= 15 is 0 Å². The molecule has 2 atom stereocenters. The molecule has 2 unspecified atom stereocenters. The summed E-state index contributed by atoms with van der Waals surface area (Å²) in [7, 11) is 1.39. The fourth-order valence-corrected chi connectivity index (χ4v) is 1.57. The van der Waals surface area contributed by atoms with E-state index in [-0.39, 0.29) is 13.0 Å². The first kappa shape index (κ1) is 10.9. The second kappa shape index (κ2) is 4.39. The van der Waals surface area contributed by atoms with Gasteiger partial charge in [-0.2, -0.15) is 0 Å². The molecule has 6 heteroatoms. The van der Waals surface area contributed by atoms with Gasteiger partial charge in [0.15, 0.2) is 5.54 Å². The maximum atomic E-state index is 11.1. The van der Waals surface area contributed by atoms with Crippen molar-refractivity contribution >= 4 is 12.4 Å². The Morgan fingerprint density at radius 2 is 2.50 bits per heavy atom. The minimum absolute atomic E-state index is 0.170. The molecule has 1 fully saturated rings. The van der Waals surface area contributed by atoms with Gasteiger partial charge in [-0.25, -0.2) is 4.79 Å². The van der Waals surface area contributed by atoms with Crippen LogP contribution in [0.5, 0.6) is 0 Å². The molecule has 0 bridgehead atoms. The molecule has 80 valence electrons. The van der Waals surface area contributed by atoms with Crippen molar-refractivity contribution in [2.24, 2.45) is 0 Å². The van der Waals surface area contributed by atoms with Crippen molar-refractivity contribution in [1.29, 1.82) is 0 Å². The van der Waals surface area contributed by atoms with Crippen molar-refractivity contribution in [2.75, 3.05) is 20.3 Å². The van der Waals surface area contributed by atoms with Crippen molar-refractivity contribution in [3.8, 4) is 0 Å². The number of nitrogens with one attached hydrogen (secondary N) is 1. The summed E-state index contributed by atoms with van der Waals surface area (Å²) in [5, 5.41) is 11.4. The largest absolute Gasteiger partial charge is 0.479 e. The SMILES string of the molecule is COC1COCCC1(NC=O)C(=O)O. The number of carboxylic acid groups (broad SMARTS) is 1. The van der Waals surface area contributed by atoms with Crippen LogP contribution in [-0.4, -0.2) is 49.5 Å². The normalized spacial score (nSPS) is 32.2. The Bertz CT molecular complexity index is 232. The zero-order valence-corrected chi connectivity index (χ0v) is 7.86. The Hall–Kier alpha value is -1.14. The highest BCUT2D eigenvalue weighted by atomic mass is 16.5. The van der Waals surface area contributed by atoms with Crippen molar-refractivity contribution in [3.05, 3.63) is 0 Å². The van der Waals surface area contributed by atoms with Gasteiger partial charge in [0.2, 0.25) is 6.41 Å². The molecule has 1 amide bonds. The number of aliphatic carboxylic acids is 1. The van der Waals surface area contributed by atoms with E-state index in [1.807, 2.05) is 0 Å². The van der Waals surface area contributed by atoms with Gasteiger partial charge in [0.25, 0.3) is 0 Å². The summed E-state index contributed by atoms with van der Waals surface area (Å²) in [4.78, 5) is 21.5. The summed E-state index contributed by atoms with van der Waals surface area (Å²) in [5.41, 5.74) is -1.35. The lowest BCUT2D eigenvalue weighted by atomic mass is 9.87. The molecule has 0 radical (unpaired) electrons. The van der Waals surface area contributed by atoms with Crippen LogP contribution in [-0.2, 0) is 19.1 Å². The minimum atomic E-state index is -1.35. The summed E-state index contributed by atoms with van der Waals surface area (Å²) in [6.45, 7) is 0.469. The summed E-state index contributed by atoms with van der Waals surface area (Å²) >= 11 is 0. The zero-order chi connectivity index (χ0) is 10.6. The summed E-state index contributed by atoms with van der Waals surface area (Å²) in [5.74, 6) is -1.10. The van der Waals surface area contributed by atoms with Gasteiger partial charge >= 0.3 is 5.97 Å². The molecule has 1 saturated heterocycles. The number of rotatable bonds is 4. The molecule has 2 N–H and O–H groups in total. The smallest absolute Gasteiger partial charge is 0.332 e. The molecule has 0 aromatic carbocycles. The molecular formula is C8H13NO5. The average molecular weight is 203 g/mol. The molecule has 1 rings (SSSR count). The van der Waals surface area contributed by atoms with Gasteiger partial charge in [0.1, 0.15) is 6.10 Å². The lowest BCUT2D eigenvalue weighted by molar-refractivity contribution is -0.164. The second-order valence-electron chi connectivity index (χ2n) is 3.09. The second-order valence-corrected chi connectivity index (χ2v) is 3.09. The Morgan fingerprint density at radius 3 is 3.00 bits per heavy atom. The third kappa shape index (κ3) is 1.71. The van der Waals surface area contributed by atoms with Crippen LogP contribution in [0.3, 0.4) is 0 Å². The molecular weight excluding hydrogens is 190 g/mol. The number of carboxylic acids is 1. The number of hydrogen-bond acceptors (Lipinski definition) is 4. The van der Waals surface area contributed by atoms with E-state index in [2.05, 4.69) is 5.32 Å². The maximum absolute atomic E-state index is 11.1. The van der Waals surface area contributed by atoms with Crippen LogP contribution < -0.4 is 5.32 Å². The minimum Gasteiger partial charge on any atom is -0.479 e. The highest BCUT2D eigenvalue weighted by molar-refractivity contribution is 5.82. The predicted octanol–water partition coefficient (Wildman–Crippen LogP) is -1.01. The van der Waals surface area contributed by atoms with Crippen LogP contribution in [0.4, 0.5) is 0 Å². The first-order valence-electron chi connectivity index (χ1n) is 4.22. The van der Waals surface area contributed by atoms with Crippen LogP contribution in [0.2, 0.25) is 0 Å². The topological polar surface area (TPSA) is 84.9 Å². The lowest BCUT2D eigenvalue weighted by Crippen LogP contribution is -2.64. The quantitative estimate of drug-likeness (QED) is 0.572. The molecule has 1 aliphatic heterocycles. The van der Waals surface area contributed by atoms with Gasteiger partial charge in [-0.15, -0.1) is 0 Å². The van der Waals surface area contributed by atoms with Gasteiger partial charge in [-0.3, -0.25) is 4.79 Å². The summed E-state index contributed by atoms with van der Waals surface area (Å²) in [6, 6.07) is 0. The number of amides is 1. The molecule has 0 aromatic heterocycles. The van der Waals surface area contributed by atoms with Gasteiger partial charge in [-0.1, -0.05) is 0 Å². The first-order chi connectivity index (χ1) is 6.67. The third-order valence-corrected chi connectivity index (χ3v) is 2.44. The van der Waals surface area contributed by atoms with E-state index < -0.39 is 17.6 Å². The van der Waals surface area contributed by atoms with Crippen molar-refractivity contribution in [1.82, 2.24) is 5.32 Å². The molecule has 0 spiro atoms. The fraction of sp³-hybridized carbons (Fsp3) is 0.750. The van der Waals surface area contributed by atoms with Crippen LogP contribution in [0.1, 0.15) is 6.42 Å². The number of ether oxygens (including phenoxy) is 2. The standard InChI is InChI=1S/C8H13NO5/c1-13-6-4-14-3-2-8(6,7(11)12)9-5-10/h5-6H,2-4H2,1H3,(H,9,10)(H,11,12). The van der Waals surface area contributed by atoms with Crippen LogP contribution in [0, 0.1) is 0 Å². The molecule has 1 heterocycles. The van der Waals surface area contributed by atoms with Crippen molar-refractivity contribution < 1.29 is 24.2 Å². The monoisotopic (exact) mass is 203 g/mol. The fourth-order valence-electron chi connectivity index (χ4n) is 1.57. The van der Waals surface area contributed by atoms with E-state index in [1.165, 1.54) is 7.11 Å². The van der Waals surface area contributed by atoms with Crippen molar-refractivity contribution in [2.45, 2.75) is 18.1 Å². The first-order valence-corrected chi connectivity index (χ1v) is 4.22. The van der Waals surface area contributed by atoms with Crippen LogP contribution in [0.15, 0.2) is 0 Å². The van der Waals surface area contributed by atoms with Gasteiger partial charge in [0, 0.05) is 20.1 Å². The summed E-state index contributed by atoms with van der Waals surface area (Å²) < 4.78 is 10.1. The van der Waals surface area contributed by atoms with E-state index in [0.29, 0.717) is 13.0 Å². The Labute approximate surface area is 81.2 Å². The van der Waals surface area contributed by atoms with Gasteiger partial charge < -0.3 is 19.9 Å². The highest BCUT2D eigenvalue weighted by Gasteiger charge is 2.48. The lowest BCUT2D eigenvalue weighted by Gasteiger charge is -2.38. The maximum Gasteiger partial charge on any atom is 0.332 e. The number of carbonyl (C=O) groups is 2. The molecule has 6 nitrogen and oxygen atoms in total. The van der Waals surface area contributed by atoms with Crippen LogP contribution >= 0.6 is 0 Å². The van der Waals surface area contributed by atoms with E-state index in [4.69, 9.17) is 14.6 Å². The Balaban J connectivity index is 2.90. The van der Waals surface area contributed by atoms with Crippen molar-refractivity contribution in [3.63, 3.8) is 0 Å². The Morgan fingerprint density at radius 1 is 1.79 bits per heavy atom. The average Bonchev–Trinajstić information content (AvgIpc) is 2.18. The summed E-state index contributed by atoms with van der Waals surface area (Å²) in [6.07, 6.45) is -0.0654. The number of carbonyl (C=O) groups excluding carboxylic acids is 1. The highest BCUT2D eigenvalue weighted by Crippen LogP contribution is 2.23. The molecule has 14 heavy (non-hydrogen) atoms. The molecule has 0 saturated carbocycles. The van der Waals surface area contributed by atoms with Gasteiger partial charge in [0.05, 0.1) is 6.61 Å². The van der Waals surface area contributed by atoms with E-state index in [9.17, 15) is 9.59 Å².